The summed E-state index contributed by atoms with van der Waals surface area (Å²) in [6, 6.07) is 22.0. The maximum Gasteiger partial charge on any atom is 0.230 e. The molecule has 0 spiro atoms. The molecule has 2 aromatic carbocycles. The summed E-state index contributed by atoms with van der Waals surface area (Å²) in [7, 11) is 0. The van der Waals surface area contributed by atoms with Gasteiger partial charge in [0.15, 0.2) is 5.16 Å². The van der Waals surface area contributed by atoms with Crippen LogP contribution in [0.2, 0.25) is 0 Å². The molecule has 8 heteroatoms. The van der Waals surface area contributed by atoms with Gasteiger partial charge in [-0.3, -0.25) is 9.36 Å². The molecule has 0 aliphatic rings. The third-order valence-corrected chi connectivity index (χ3v) is 6.98. The SMILES string of the molecule is CCOc1ccc(-n2c(Cc3ccccc3)nnc2SCC(=O)NC(C)c2cccs2)cc1. The maximum absolute atomic E-state index is 12.6. The molecule has 1 amide bonds. The van der Waals surface area contributed by atoms with Crippen molar-refractivity contribution in [3.05, 3.63) is 88.4 Å². The summed E-state index contributed by atoms with van der Waals surface area (Å²) in [5, 5.41) is 14.6. The van der Waals surface area contributed by atoms with Crippen LogP contribution in [0.4, 0.5) is 0 Å². The quantitative estimate of drug-likeness (QED) is 0.314. The standard InChI is InChI=1S/C25H26N4O2S2/c1-3-31-21-13-11-20(12-14-21)29-23(16-19-8-5-4-6-9-19)27-28-25(29)33-17-24(30)26-18(2)22-10-7-15-32-22/h4-15,18H,3,16-17H2,1-2H3,(H,26,30). The summed E-state index contributed by atoms with van der Waals surface area (Å²) in [6.45, 7) is 4.57. The number of amides is 1. The van der Waals surface area contributed by atoms with Crippen molar-refractivity contribution in [1.82, 2.24) is 20.1 Å². The van der Waals surface area contributed by atoms with Crippen molar-refractivity contribution in [2.24, 2.45) is 0 Å². The number of hydrogen-bond donors (Lipinski definition) is 1. The topological polar surface area (TPSA) is 69.0 Å². The predicted octanol–water partition coefficient (Wildman–Crippen LogP) is 5.29. The number of carbonyl (C=O) groups is 1. The predicted molar refractivity (Wildman–Crippen MR) is 133 cm³/mol. The van der Waals surface area contributed by atoms with Gasteiger partial charge < -0.3 is 10.1 Å². The second-order valence-corrected chi connectivity index (χ2v) is 9.34. The van der Waals surface area contributed by atoms with E-state index in [0.29, 0.717) is 18.2 Å². The lowest BCUT2D eigenvalue weighted by atomic mass is 10.1. The highest BCUT2D eigenvalue weighted by Gasteiger charge is 2.17. The van der Waals surface area contributed by atoms with E-state index in [1.807, 2.05) is 78.4 Å². The van der Waals surface area contributed by atoms with E-state index in [9.17, 15) is 4.79 Å². The van der Waals surface area contributed by atoms with Crippen LogP contribution in [0.15, 0.2) is 77.3 Å². The monoisotopic (exact) mass is 478 g/mol. The van der Waals surface area contributed by atoms with Gasteiger partial charge in [0.05, 0.1) is 18.4 Å². The Bertz CT molecular complexity index is 1160. The maximum atomic E-state index is 12.6. The van der Waals surface area contributed by atoms with E-state index in [4.69, 9.17) is 4.74 Å². The fraction of sp³-hybridized carbons (Fsp3) is 0.240. The molecule has 2 heterocycles. The van der Waals surface area contributed by atoms with Crippen molar-refractivity contribution in [3.63, 3.8) is 0 Å². The molecule has 4 rings (SSSR count). The molecule has 0 bridgehead atoms. The van der Waals surface area contributed by atoms with E-state index in [0.717, 1.165) is 27.7 Å². The van der Waals surface area contributed by atoms with Crippen LogP contribution in [0.25, 0.3) is 5.69 Å². The van der Waals surface area contributed by atoms with E-state index in [2.05, 4.69) is 27.6 Å². The molecule has 2 aromatic heterocycles. The van der Waals surface area contributed by atoms with Crippen LogP contribution in [0, 0.1) is 0 Å². The first-order valence-electron chi connectivity index (χ1n) is 10.8. The van der Waals surface area contributed by atoms with Crippen molar-refractivity contribution in [2.75, 3.05) is 12.4 Å². The molecule has 1 atom stereocenters. The number of hydrogen-bond acceptors (Lipinski definition) is 6. The molecule has 1 N–H and O–H groups in total. The highest BCUT2D eigenvalue weighted by Crippen LogP contribution is 2.25. The Balaban J connectivity index is 1.53. The van der Waals surface area contributed by atoms with Gasteiger partial charge in [-0.2, -0.15) is 0 Å². The molecule has 0 aliphatic heterocycles. The largest absolute Gasteiger partial charge is 0.494 e. The zero-order valence-electron chi connectivity index (χ0n) is 18.6. The first-order chi connectivity index (χ1) is 16.1. The van der Waals surface area contributed by atoms with Gasteiger partial charge in [0.2, 0.25) is 5.91 Å². The van der Waals surface area contributed by atoms with E-state index in [-0.39, 0.29) is 17.7 Å². The minimum atomic E-state index is -0.0354. The fourth-order valence-corrected chi connectivity index (χ4v) is 4.94. The van der Waals surface area contributed by atoms with E-state index in [1.54, 1.807) is 11.3 Å². The van der Waals surface area contributed by atoms with Crippen molar-refractivity contribution < 1.29 is 9.53 Å². The Morgan fingerprint density at radius 3 is 2.58 bits per heavy atom. The van der Waals surface area contributed by atoms with E-state index < -0.39 is 0 Å². The molecule has 1 unspecified atom stereocenters. The number of benzene rings is 2. The lowest BCUT2D eigenvalue weighted by Crippen LogP contribution is -2.27. The molecule has 6 nitrogen and oxygen atoms in total. The van der Waals surface area contributed by atoms with Crippen LogP contribution in [0.5, 0.6) is 5.75 Å². The molecule has 4 aromatic rings. The van der Waals surface area contributed by atoms with Gasteiger partial charge in [0.25, 0.3) is 0 Å². The van der Waals surface area contributed by atoms with Crippen molar-refractivity contribution in [3.8, 4) is 11.4 Å². The van der Waals surface area contributed by atoms with Crippen molar-refractivity contribution in [1.29, 1.82) is 0 Å². The molecule has 0 saturated carbocycles. The molecule has 0 aliphatic carbocycles. The summed E-state index contributed by atoms with van der Waals surface area (Å²) < 4.78 is 7.60. The summed E-state index contributed by atoms with van der Waals surface area (Å²) in [4.78, 5) is 13.7. The average Bonchev–Trinajstić information content (AvgIpc) is 3.50. The Kier molecular flexibility index (Phi) is 7.80. The van der Waals surface area contributed by atoms with Gasteiger partial charge in [0.1, 0.15) is 11.6 Å². The van der Waals surface area contributed by atoms with Gasteiger partial charge in [0, 0.05) is 17.0 Å². The van der Waals surface area contributed by atoms with E-state index in [1.165, 1.54) is 11.8 Å². The Hall–Kier alpha value is -3.10. The zero-order valence-corrected chi connectivity index (χ0v) is 20.2. The second kappa shape index (κ2) is 11.2. The van der Waals surface area contributed by atoms with Crippen LogP contribution >= 0.6 is 23.1 Å². The molecule has 33 heavy (non-hydrogen) atoms. The van der Waals surface area contributed by atoms with Crippen LogP contribution in [0.1, 0.15) is 36.2 Å². The summed E-state index contributed by atoms with van der Waals surface area (Å²) >= 11 is 3.02. The number of nitrogens with one attached hydrogen (secondary N) is 1. The van der Waals surface area contributed by atoms with Gasteiger partial charge in [-0.05, 0) is 55.1 Å². The normalized spacial score (nSPS) is 11.8. The molecular formula is C25H26N4O2S2. The third kappa shape index (κ3) is 6.03. The lowest BCUT2D eigenvalue weighted by molar-refractivity contribution is -0.119. The lowest BCUT2D eigenvalue weighted by Gasteiger charge is -2.13. The highest BCUT2D eigenvalue weighted by molar-refractivity contribution is 7.99. The minimum absolute atomic E-state index is 0.0179. The Labute approximate surface area is 202 Å². The highest BCUT2D eigenvalue weighted by atomic mass is 32.2. The van der Waals surface area contributed by atoms with Gasteiger partial charge in [-0.15, -0.1) is 21.5 Å². The summed E-state index contributed by atoms with van der Waals surface area (Å²) in [5.41, 5.74) is 2.08. The van der Waals surface area contributed by atoms with Gasteiger partial charge >= 0.3 is 0 Å². The Morgan fingerprint density at radius 2 is 1.88 bits per heavy atom. The van der Waals surface area contributed by atoms with Crippen LogP contribution < -0.4 is 10.1 Å². The van der Waals surface area contributed by atoms with Crippen LogP contribution in [-0.2, 0) is 11.2 Å². The second-order valence-electron chi connectivity index (χ2n) is 7.42. The van der Waals surface area contributed by atoms with Crippen molar-refractivity contribution in [2.45, 2.75) is 31.5 Å². The first-order valence-corrected chi connectivity index (χ1v) is 12.7. The number of aromatic nitrogens is 3. The molecule has 170 valence electrons. The average molecular weight is 479 g/mol. The number of thioether (sulfide) groups is 1. The summed E-state index contributed by atoms with van der Waals surface area (Å²) in [6.07, 6.45) is 0.642. The zero-order chi connectivity index (χ0) is 23.0. The number of carbonyl (C=O) groups excluding carboxylic acids is 1. The molecular weight excluding hydrogens is 452 g/mol. The number of thiophene rings is 1. The number of rotatable bonds is 10. The smallest absolute Gasteiger partial charge is 0.230 e. The summed E-state index contributed by atoms with van der Waals surface area (Å²) in [5.74, 6) is 1.86. The van der Waals surface area contributed by atoms with Crippen molar-refractivity contribution >= 4 is 29.0 Å². The Morgan fingerprint density at radius 1 is 1.09 bits per heavy atom. The van der Waals surface area contributed by atoms with Gasteiger partial charge in [-0.1, -0.05) is 48.2 Å². The first kappa shape index (κ1) is 23.1. The molecule has 0 radical (unpaired) electrons. The van der Waals surface area contributed by atoms with E-state index >= 15 is 0 Å². The minimum Gasteiger partial charge on any atom is -0.494 e. The van der Waals surface area contributed by atoms with Crippen LogP contribution in [0.3, 0.4) is 0 Å². The number of ether oxygens (including phenoxy) is 1. The number of nitrogens with zero attached hydrogens (tertiary/aromatic N) is 3. The molecule has 0 saturated heterocycles. The third-order valence-electron chi connectivity index (χ3n) is 4.99. The van der Waals surface area contributed by atoms with Crippen LogP contribution in [-0.4, -0.2) is 33.0 Å². The molecule has 0 fully saturated rings. The fourth-order valence-electron chi connectivity index (χ4n) is 3.43. The van der Waals surface area contributed by atoms with Gasteiger partial charge in [-0.25, -0.2) is 0 Å².